The highest BCUT2D eigenvalue weighted by Gasteiger charge is 2.32. The Morgan fingerprint density at radius 3 is 2.26 bits per heavy atom. The second-order valence-electron chi connectivity index (χ2n) is 9.35. The molecule has 4 rings (SSSR count). The zero-order valence-corrected chi connectivity index (χ0v) is 20.0. The molecule has 0 saturated carbocycles. The van der Waals surface area contributed by atoms with Crippen molar-refractivity contribution in [1.82, 2.24) is 0 Å². The van der Waals surface area contributed by atoms with Crippen LogP contribution in [0.1, 0.15) is 44.6 Å². The summed E-state index contributed by atoms with van der Waals surface area (Å²) in [6, 6.07) is 5.13. The quantitative estimate of drug-likeness (QED) is 0.293. The van der Waals surface area contributed by atoms with E-state index >= 15 is 0 Å². The summed E-state index contributed by atoms with van der Waals surface area (Å²) in [5.41, 5.74) is -0.483. The van der Waals surface area contributed by atoms with Gasteiger partial charge in [0.15, 0.2) is 23.2 Å². The first-order valence-electron chi connectivity index (χ1n) is 12.4. The standard InChI is InChI=1S/C28H32F4O3/c1-3-17-5-13-23(35-15-17)19-7-10-20(34-16-19)9-6-18-8-11-21(26(30)25(18)29)22-12-14-24(33-4-2)28(32)27(22)31/h3,8,11-12,14,17,19-20,23H,1,4-7,9-10,13,15-16H2,2H3. The number of rotatable bonds is 8. The van der Waals surface area contributed by atoms with E-state index in [1.807, 2.05) is 6.08 Å². The summed E-state index contributed by atoms with van der Waals surface area (Å²) in [4.78, 5) is 0. The summed E-state index contributed by atoms with van der Waals surface area (Å²) in [7, 11) is 0. The minimum atomic E-state index is -1.27. The lowest BCUT2D eigenvalue weighted by atomic mass is 9.86. The maximum absolute atomic E-state index is 14.8. The Hall–Kier alpha value is -2.38. The van der Waals surface area contributed by atoms with Crippen molar-refractivity contribution < 1.29 is 31.8 Å². The fourth-order valence-electron chi connectivity index (χ4n) is 5.01. The van der Waals surface area contributed by atoms with Crippen LogP contribution in [0, 0.1) is 35.1 Å². The molecular weight excluding hydrogens is 460 g/mol. The van der Waals surface area contributed by atoms with Crippen molar-refractivity contribution in [3.8, 4) is 16.9 Å². The van der Waals surface area contributed by atoms with Crippen molar-refractivity contribution >= 4 is 0 Å². The predicted octanol–water partition coefficient (Wildman–Crippen LogP) is 7.02. The number of hydrogen-bond acceptors (Lipinski definition) is 3. The van der Waals surface area contributed by atoms with Gasteiger partial charge in [-0.15, -0.1) is 6.58 Å². The zero-order chi connectivity index (χ0) is 24.9. The topological polar surface area (TPSA) is 27.7 Å². The predicted molar refractivity (Wildman–Crippen MR) is 126 cm³/mol. The lowest BCUT2D eigenvalue weighted by Crippen LogP contribution is -2.38. The molecule has 7 heteroatoms. The van der Waals surface area contributed by atoms with Crippen LogP contribution in [0.2, 0.25) is 0 Å². The summed E-state index contributed by atoms with van der Waals surface area (Å²) >= 11 is 0. The average Bonchev–Trinajstić information content (AvgIpc) is 2.89. The van der Waals surface area contributed by atoms with Gasteiger partial charge in [-0.25, -0.2) is 13.2 Å². The van der Waals surface area contributed by atoms with Crippen molar-refractivity contribution in [1.29, 1.82) is 0 Å². The maximum Gasteiger partial charge on any atom is 0.201 e. The fraction of sp³-hybridized carbons (Fsp3) is 0.500. The minimum absolute atomic E-state index is 0.0319. The minimum Gasteiger partial charge on any atom is -0.491 e. The molecule has 0 amide bonds. The Morgan fingerprint density at radius 2 is 1.63 bits per heavy atom. The molecular formula is C28H32F4O3. The molecule has 0 N–H and O–H groups in total. The van der Waals surface area contributed by atoms with E-state index in [9.17, 15) is 17.6 Å². The second kappa shape index (κ2) is 11.6. The highest BCUT2D eigenvalue weighted by atomic mass is 19.2. The van der Waals surface area contributed by atoms with E-state index in [0.29, 0.717) is 37.9 Å². The van der Waals surface area contributed by atoms with Gasteiger partial charge in [-0.3, -0.25) is 0 Å². The monoisotopic (exact) mass is 492 g/mol. The number of halogens is 4. The fourth-order valence-corrected chi connectivity index (χ4v) is 5.01. The Labute approximate surface area is 204 Å². The van der Waals surface area contributed by atoms with Crippen LogP contribution in [-0.4, -0.2) is 32.0 Å². The van der Waals surface area contributed by atoms with Crippen LogP contribution in [0.15, 0.2) is 36.9 Å². The summed E-state index contributed by atoms with van der Waals surface area (Å²) < 4.78 is 75.4. The van der Waals surface area contributed by atoms with E-state index in [1.165, 1.54) is 24.3 Å². The molecule has 0 aromatic heterocycles. The summed E-state index contributed by atoms with van der Waals surface area (Å²) in [6.45, 7) is 6.94. The molecule has 2 aliphatic rings. The molecule has 2 aromatic carbocycles. The molecule has 0 aliphatic carbocycles. The van der Waals surface area contributed by atoms with Gasteiger partial charge in [-0.05, 0) is 63.1 Å². The van der Waals surface area contributed by atoms with Gasteiger partial charge in [0.1, 0.15) is 0 Å². The molecule has 35 heavy (non-hydrogen) atoms. The zero-order valence-electron chi connectivity index (χ0n) is 20.0. The van der Waals surface area contributed by atoms with Crippen LogP contribution in [0.5, 0.6) is 5.75 Å². The summed E-state index contributed by atoms with van der Waals surface area (Å²) in [5, 5.41) is 0. The number of aryl methyl sites for hydroxylation is 1. The van der Waals surface area contributed by atoms with Crippen molar-refractivity contribution in [2.45, 2.75) is 57.7 Å². The Morgan fingerprint density at radius 1 is 0.886 bits per heavy atom. The number of benzene rings is 2. The third kappa shape index (κ3) is 5.72. The molecule has 2 aliphatic heterocycles. The van der Waals surface area contributed by atoms with Crippen LogP contribution in [0.4, 0.5) is 17.6 Å². The average molecular weight is 493 g/mol. The van der Waals surface area contributed by atoms with E-state index in [1.54, 1.807) is 6.92 Å². The molecule has 2 saturated heterocycles. The molecule has 4 atom stereocenters. The van der Waals surface area contributed by atoms with Gasteiger partial charge >= 0.3 is 0 Å². The van der Waals surface area contributed by atoms with Crippen molar-refractivity contribution in [2.75, 3.05) is 19.8 Å². The van der Waals surface area contributed by atoms with Crippen LogP contribution >= 0.6 is 0 Å². The third-order valence-electron chi connectivity index (χ3n) is 7.15. The van der Waals surface area contributed by atoms with E-state index in [0.717, 1.165) is 25.7 Å². The molecule has 3 nitrogen and oxygen atoms in total. The van der Waals surface area contributed by atoms with Crippen molar-refractivity contribution in [2.24, 2.45) is 11.8 Å². The van der Waals surface area contributed by atoms with Crippen LogP contribution in [0.3, 0.4) is 0 Å². The first-order chi connectivity index (χ1) is 16.9. The first kappa shape index (κ1) is 25.7. The van der Waals surface area contributed by atoms with Crippen LogP contribution < -0.4 is 4.74 Å². The molecule has 0 radical (unpaired) electrons. The summed E-state index contributed by atoms with van der Waals surface area (Å²) in [5.74, 6) is -4.21. The maximum atomic E-state index is 14.8. The van der Waals surface area contributed by atoms with E-state index in [2.05, 4.69) is 6.58 Å². The van der Waals surface area contributed by atoms with Gasteiger partial charge in [0.25, 0.3) is 0 Å². The lowest BCUT2D eigenvalue weighted by Gasteiger charge is -2.37. The van der Waals surface area contributed by atoms with Gasteiger partial charge in [0.2, 0.25) is 5.82 Å². The number of ether oxygens (including phenoxy) is 3. The first-order valence-corrected chi connectivity index (χ1v) is 12.4. The van der Waals surface area contributed by atoms with Gasteiger partial charge in [0, 0.05) is 23.0 Å². The van der Waals surface area contributed by atoms with E-state index in [4.69, 9.17) is 14.2 Å². The van der Waals surface area contributed by atoms with Crippen molar-refractivity contribution in [3.05, 3.63) is 65.8 Å². The smallest absolute Gasteiger partial charge is 0.201 e. The van der Waals surface area contributed by atoms with E-state index < -0.39 is 23.3 Å². The Balaban J connectivity index is 1.35. The largest absolute Gasteiger partial charge is 0.491 e. The molecule has 0 spiro atoms. The molecule has 2 heterocycles. The molecule has 0 bridgehead atoms. The van der Waals surface area contributed by atoms with E-state index in [-0.39, 0.29) is 41.3 Å². The third-order valence-corrected chi connectivity index (χ3v) is 7.15. The SMILES string of the molecule is C=CC1CCC(C2CCC(CCc3ccc(-c4ccc(OCC)c(F)c4F)c(F)c3F)OC2)OC1. The summed E-state index contributed by atoms with van der Waals surface area (Å²) in [6.07, 6.45) is 6.88. The second-order valence-corrected chi connectivity index (χ2v) is 9.35. The number of hydrogen-bond donors (Lipinski definition) is 0. The van der Waals surface area contributed by atoms with Gasteiger partial charge in [-0.2, -0.15) is 4.39 Å². The van der Waals surface area contributed by atoms with Gasteiger partial charge in [0.05, 0.1) is 32.0 Å². The molecule has 2 aromatic rings. The molecule has 4 unspecified atom stereocenters. The lowest BCUT2D eigenvalue weighted by molar-refractivity contribution is -0.0991. The molecule has 2 fully saturated rings. The highest BCUT2D eigenvalue weighted by molar-refractivity contribution is 5.66. The van der Waals surface area contributed by atoms with Gasteiger partial charge < -0.3 is 14.2 Å². The molecule has 190 valence electrons. The van der Waals surface area contributed by atoms with Crippen LogP contribution in [-0.2, 0) is 15.9 Å². The highest BCUT2D eigenvalue weighted by Crippen LogP contribution is 2.34. The normalized spacial score (nSPS) is 24.8. The van der Waals surface area contributed by atoms with Crippen molar-refractivity contribution in [3.63, 3.8) is 0 Å². The van der Waals surface area contributed by atoms with Crippen LogP contribution in [0.25, 0.3) is 11.1 Å². The van der Waals surface area contributed by atoms with Gasteiger partial charge in [-0.1, -0.05) is 18.2 Å². The Bertz CT molecular complexity index is 1030. The Kier molecular flexibility index (Phi) is 8.50.